The fourth-order valence-electron chi connectivity index (χ4n) is 3.49. The van der Waals surface area contributed by atoms with E-state index in [9.17, 15) is 4.39 Å². The summed E-state index contributed by atoms with van der Waals surface area (Å²) in [5.74, 6) is 0.638. The summed E-state index contributed by atoms with van der Waals surface area (Å²) in [6, 6.07) is 7.03. The quantitative estimate of drug-likeness (QED) is 0.652. The van der Waals surface area contributed by atoms with Gasteiger partial charge in [-0.1, -0.05) is 30.7 Å². The number of rotatable bonds is 8. The molecule has 1 aromatic carbocycles. The number of nitrogens with zero attached hydrogens (tertiary/aromatic N) is 2. The number of likely N-dealkylation sites (tertiary alicyclic amines) is 1. The molecule has 1 aromatic rings. The molecule has 0 aromatic heterocycles. The summed E-state index contributed by atoms with van der Waals surface area (Å²) < 4.78 is 13.3. The van der Waals surface area contributed by atoms with Crippen LogP contribution in [-0.2, 0) is 6.42 Å². The van der Waals surface area contributed by atoms with Crippen molar-refractivity contribution in [3.63, 3.8) is 0 Å². The topological polar surface area (TPSA) is 6.48 Å². The number of allylic oxidation sites excluding steroid dienone is 1. The van der Waals surface area contributed by atoms with E-state index in [1.54, 1.807) is 6.07 Å². The van der Waals surface area contributed by atoms with Gasteiger partial charge in [0.15, 0.2) is 0 Å². The molecule has 0 saturated carbocycles. The van der Waals surface area contributed by atoms with Crippen LogP contribution in [0.1, 0.15) is 39.2 Å². The molecule has 0 amide bonds. The average Bonchev–Trinajstić information content (AvgIpc) is 2.57. The third kappa shape index (κ3) is 6.74. The van der Waals surface area contributed by atoms with E-state index in [4.69, 9.17) is 0 Å². The van der Waals surface area contributed by atoms with Crippen molar-refractivity contribution in [2.45, 2.75) is 40.0 Å². The Labute approximate surface area is 147 Å². The normalized spacial score (nSPS) is 18.8. The van der Waals surface area contributed by atoms with Gasteiger partial charge in [-0.25, -0.2) is 4.39 Å². The number of piperidine rings is 1. The van der Waals surface area contributed by atoms with Crippen molar-refractivity contribution in [3.8, 4) is 0 Å². The maximum absolute atomic E-state index is 13.3. The molecule has 1 atom stereocenters. The van der Waals surface area contributed by atoms with Crippen LogP contribution < -0.4 is 0 Å². The molecule has 1 aliphatic rings. The number of hydrogen-bond acceptors (Lipinski definition) is 2. The maximum atomic E-state index is 13.3. The van der Waals surface area contributed by atoms with E-state index in [2.05, 4.69) is 36.6 Å². The third-order valence-electron chi connectivity index (χ3n) is 4.93. The van der Waals surface area contributed by atoms with Gasteiger partial charge in [0.2, 0.25) is 0 Å². The highest BCUT2D eigenvalue weighted by Gasteiger charge is 2.21. The molecule has 1 heterocycles. The van der Waals surface area contributed by atoms with Crippen LogP contribution in [0, 0.1) is 11.7 Å². The molecular weight excluding hydrogens is 299 g/mol. The zero-order valence-electron chi connectivity index (χ0n) is 15.6. The van der Waals surface area contributed by atoms with E-state index in [0.29, 0.717) is 0 Å². The molecule has 2 nitrogen and oxygen atoms in total. The van der Waals surface area contributed by atoms with Gasteiger partial charge in [-0.3, -0.25) is 4.90 Å². The van der Waals surface area contributed by atoms with Gasteiger partial charge in [-0.2, -0.15) is 0 Å². The molecule has 3 heteroatoms. The first-order valence-electron chi connectivity index (χ1n) is 9.39. The Bertz CT molecular complexity index is 522. The first-order valence-corrected chi connectivity index (χ1v) is 9.39. The van der Waals surface area contributed by atoms with Gasteiger partial charge in [-0.05, 0) is 69.8 Å². The van der Waals surface area contributed by atoms with Gasteiger partial charge in [0.1, 0.15) is 5.82 Å². The molecule has 24 heavy (non-hydrogen) atoms. The molecular formula is C21H33FN2. The molecule has 0 aliphatic carbocycles. The molecule has 0 bridgehead atoms. The van der Waals surface area contributed by atoms with Crippen molar-refractivity contribution < 1.29 is 4.39 Å². The highest BCUT2D eigenvalue weighted by molar-refractivity contribution is 5.16. The van der Waals surface area contributed by atoms with Crippen LogP contribution in [0.15, 0.2) is 35.9 Å². The van der Waals surface area contributed by atoms with Gasteiger partial charge in [0, 0.05) is 26.2 Å². The van der Waals surface area contributed by atoms with E-state index in [1.807, 2.05) is 12.1 Å². The van der Waals surface area contributed by atoms with Gasteiger partial charge in [-0.15, -0.1) is 0 Å². The van der Waals surface area contributed by atoms with Crippen LogP contribution in [0.25, 0.3) is 0 Å². The molecule has 1 saturated heterocycles. The van der Waals surface area contributed by atoms with Crippen molar-refractivity contribution in [1.29, 1.82) is 0 Å². The molecule has 1 fully saturated rings. The average molecular weight is 333 g/mol. The summed E-state index contributed by atoms with van der Waals surface area (Å²) in [6.07, 6.45) is 5.89. The number of hydrogen-bond donors (Lipinski definition) is 0. The van der Waals surface area contributed by atoms with Crippen molar-refractivity contribution in [2.75, 3.05) is 39.3 Å². The Hall–Kier alpha value is -1.19. The highest BCUT2D eigenvalue weighted by atomic mass is 19.1. The lowest BCUT2D eigenvalue weighted by molar-refractivity contribution is 0.141. The summed E-state index contributed by atoms with van der Waals surface area (Å²) >= 11 is 0. The van der Waals surface area contributed by atoms with Crippen LogP contribution in [0.4, 0.5) is 4.39 Å². The van der Waals surface area contributed by atoms with E-state index >= 15 is 0 Å². The van der Waals surface area contributed by atoms with E-state index < -0.39 is 0 Å². The largest absolute Gasteiger partial charge is 0.303 e. The number of benzene rings is 1. The summed E-state index contributed by atoms with van der Waals surface area (Å²) in [5.41, 5.74) is 2.50. The second-order valence-corrected chi connectivity index (χ2v) is 7.32. The van der Waals surface area contributed by atoms with E-state index in [-0.39, 0.29) is 5.82 Å². The molecule has 0 spiro atoms. The minimum absolute atomic E-state index is 0.123. The van der Waals surface area contributed by atoms with Crippen molar-refractivity contribution in [3.05, 3.63) is 47.3 Å². The second-order valence-electron chi connectivity index (χ2n) is 7.32. The number of likely N-dealkylation sites (N-methyl/N-ethyl adjacent to an activating group) is 1. The lowest BCUT2D eigenvalue weighted by Gasteiger charge is -2.35. The predicted octanol–water partition coefficient (Wildman–Crippen LogP) is 4.37. The summed E-state index contributed by atoms with van der Waals surface area (Å²) in [7, 11) is 0. The van der Waals surface area contributed by atoms with E-state index in [1.165, 1.54) is 44.1 Å². The van der Waals surface area contributed by atoms with E-state index in [0.717, 1.165) is 37.5 Å². The maximum Gasteiger partial charge on any atom is 0.123 e. The van der Waals surface area contributed by atoms with Crippen LogP contribution in [-0.4, -0.2) is 49.1 Å². The first kappa shape index (κ1) is 19.1. The standard InChI is InChI=1S/C21H33FN2/c1-4-23(13-10-18(2)3)16-20-8-6-12-24(17-20)14-11-19-7-5-9-21(22)15-19/h5,7,9-10,15,20H,4,6,8,11-14,16-17H2,1-3H3/t20-/m1/s1. The fraction of sp³-hybridized carbons (Fsp3) is 0.619. The highest BCUT2D eigenvalue weighted by Crippen LogP contribution is 2.18. The lowest BCUT2D eigenvalue weighted by atomic mass is 9.97. The molecule has 0 unspecified atom stereocenters. The molecule has 1 aliphatic heterocycles. The van der Waals surface area contributed by atoms with Gasteiger partial charge < -0.3 is 4.90 Å². The Kier molecular flexibility index (Phi) is 7.93. The lowest BCUT2D eigenvalue weighted by Crippen LogP contribution is -2.41. The smallest absolute Gasteiger partial charge is 0.123 e. The Morgan fingerprint density at radius 2 is 2.21 bits per heavy atom. The molecule has 134 valence electrons. The monoisotopic (exact) mass is 332 g/mol. The Morgan fingerprint density at radius 1 is 1.38 bits per heavy atom. The third-order valence-corrected chi connectivity index (χ3v) is 4.93. The minimum atomic E-state index is -0.123. The van der Waals surface area contributed by atoms with Gasteiger partial charge in [0.05, 0.1) is 0 Å². The second kappa shape index (κ2) is 9.95. The number of halogens is 1. The molecule has 0 N–H and O–H groups in total. The zero-order valence-corrected chi connectivity index (χ0v) is 15.6. The van der Waals surface area contributed by atoms with Crippen molar-refractivity contribution in [2.24, 2.45) is 5.92 Å². The summed E-state index contributed by atoms with van der Waals surface area (Å²) in [6.45, 7) is 13.4. The predicted molar refractivity (Wildman–Crippen MR) is 101 cm³/mol. The van der Waals surface area contributed by atoms with Crippen molar-refractivity contribution in [1.82, 2.24) is 9.80 Å². The Balaban J connectivity index is 1.79. The van der Waals surface area contributed by atoms with Gasteiger partial charge >= 0.3 is 0 Å². The summed E-state index contributed by atoms with van der Waals surface area (Å²) in [4.78, 5) is 5.11. The zero-order chi connectivity index (χ0) is 17.4. The molecule has 2 rings (SSSR count). The Morgan fingerprint density at radius 3 is 2.92 bits per heavy atom. The van der Waals surface area contributed by atoms with Crippen molar-refractivity contribution >= 4 is 0 Å². The van der Waals surface area contributed by atoms with Crippen LogP contribution in [0.5, 0.6) is 0 Å². The fourth-order valence-corrected chi connectivity index (χ4v) is 3.49. The van der Waals surface area contributed by atoms with Crippen LogP contribution in [0.2, 0.25) is 0 Å². The van der Waals surface area contributed by atoms with Gasteiger partial charge in [0.25, 0.3) is 0 Å². The summed E-state index contributed by atoms with van der Waals surface area (Å²) in [5, 5.41) is 0. The first-order chi connectivity index (χ1) is 11.6. The molecule has 0 radical (unpaired) electrons. The van der Waals surface area contributed by atoms with Crippen LogP contribution in [0.3, 0.4) is 0 Å². The minimum Gasteiger partial charge on any atom is -0.303 e. The SMILES string of the molecule is CCN(CC=C(C)C)C[C@H]1CCCN(CCc2cccc(F)c2)C1. The van der Waals surface area contributed by atoms with Crippen LogP contribution >= 0.6 is 0 Å².